The summed E-state index contributed by atoms with van der Waals surface area (Å²) in [6, 6.07) is 0. The lowest BCUT2D eigenvalue weighted by atomic mass is 10.1. The SMILES string of the molecule is C=Cc1c(C)cncc1C(=C)Br. The number of pyridine rings is 1. The lowest BCUT2D eigenvalue weighted by molar-refractivity contribution is 1.25. The summed E-state index contributed by atoms with van der Waals surface area (Å²) in [5.41, 5.74) is 3.21. The van der Waals surface area contributed by atoms with Gasteiger partial charge < -0.3 is 0 Å². The Bertz CT molecular complexity index is 329. The molecule has 0 radical (unpaired) electrons. The van der Waals surface area contributed by atoms with Gasteiger partial charge in [0.05, 0.1) is 0 Å². The standard InChI is InChI=1S/C10H10BrN/c1-4-9-7(2)5-12-6-10(9)8(3)11/h4-6H,1,3H2,2H3. The molecule has 0 saturated carbocycles. The highest BCUT2D eigenvalue weighted by Crippen LogP contribution is 2.24. The highest BCUT2D eigenvalue weighted by atomic mass is 79.9. The van der Waals surface area contributed by atoms with Crippen LogP contribution in [0.2, 0.25) is 0 Å². The van der Waals surface area contributed by atoms with Gasteiger partial charge in [0.1, 0.15) is 0 Å². The van der Waals surface area contributed by atoms with Gasteiger partial charge in [-0.25, -0.2) is 0 Å². The molecule has 0 saturated heterocycles. The van der Waals surface area contributed by atoms with E-state index in [9.17, 15) is 0 Å². The molecular weight excluding hydrogens is 214 g/mol. The predicted molar refractivity (Wildman–Crippen MR) is 57.0 cm³/mol. The first-order chi connectivity index (χ1) is 5.66. The summed E-state index contributed by atoms with van der Waals surface area (Å²) in [6.45, 7) is 9.55. The van der Waals surface area contributed by atoms with Gasteiger partial charge in [-0.05, 0) is 18.1 Å². The van der Waals surface area contributed by atoms with Crippen LogP contribution in [0.1, 0.15) is 16.7 Å². The van der Waals surface area contributed by atoms with Gasteiger partial charge in [0.25, 0.3) is 0 Å². The van der Waals surface area contributed by atoms with Gasteiger partial charge in [0, 0.05) is 22.4 Å². The minimum absolute atomic E-state index is 0.841. The van der Waals surface area contributed by atoms with Crippen molar-refractivity contribution in [2.75, 3.05) is 0 Å². The van der Waals surface area contributed by atoms with Crippen LogP contribution in [-0.2, 0) is 0 Å². The first kappa shape index (κ1) is 9.20. The molecule has 2 heteroatoms. The molecule has 0 aromatic carbocycles. The first-order valence-corrected chi connectivity index (χ1v) is 4.38. The summed E-state index contributed by atoms with van der Waals surface area (Å²) in [4.78, 5) is 4.08. The highest BCUT2D eigenvalue weighted by molar-refractivity contribution is 9.15. The van der Waals surface area contributed by atoms with Gasteiger partial charge in [-0.3, -0.25) is 4.98 Å². The Balaban J connectivity index is 3.37. The van der Waals surface area contributed by atoms with Crippen molar-refractivity contribution in [1.29, 1.82) is 0 Å². The second-order valence-electron chi connectivity index (χ2n) is 2.53. The molecule has 12 heavy (non-hydrogen) atoms. The largest absolute Gasteiger partial charge is 0.264 e. The third-order valence-corrected chi connectivity index (χ3v) is 2.11. The van der Waals surface area contributed by atoms with E-state index in [0.29, 0.717) is 0 Å². The normalized spacial score (nSPS) is 9.50. The molecule has 1 aromatic heterocycles. The maximum absolute atomic E-state index is 4.08. The molecule has 0 fully saturated rings. The zero-order valence-corrected chi connectivity index (χ0v) is 8.56. The van der Waals surface area contributed by atoms with Crippen LogP contribution in [0.3, 0.4) is 0 Å². The van der Waals surface area contributed by atoms with Crippen molar-refractivity contribution >= 4 is 26.5 Å². The summed E-state index contributed by atoms with van der Waals surface area (Å²) >= 11 is 3.33. The van der Waals surface area contributed by atoms with Gasteiger partial charge in [-0.15, -0.1) is 0 Å². The van der Waals surface area contributed by atoms with E-state index in [1.807, 2.05) is 19.2 Å². The minimum atomic E-state index is 0.841. The monoisotopic (exact) mass is 223 g/mol. The smallest absolute Gasteiger partial charge is 0.0357 e. The molecule has 0 aliphatic heterocycles. The third-order valence-electron chi connectivity index (χ3n) is 1.68. The molecule has 1 rings (SSSR count). The molecule has 1 aromatic rings. The number of halogens is 1. The van der Waals surface area contributed by atoms with Crippen LogP contribution >= 0.6 is 15.9 Å². The maximum atomic E-state index is 4.08. The fourth-order valence-corrected chi connectivity index (χ4v) is 1.38. The van der Waals surface area contributed by atoms with Crippen LogP contribution in [0.25, 0.3) is 10.6 Å². The van der Waals surface area contributed by atoms with Crippen LogP contribution < -0.4 is 0 Å². The van der Waals surface area contributed by atoms with Gasteiger partial charge in [0.2, 0.25) is 0 Å². The molecule has 0 aliphatic carbocycles. The second-order valence-corrected chi connectivity index (χ2v) is 3.48. The summed E-state index contributed by atoms with van der Waals surface area (Å²) in [7, 11) is 0. The van der Waals surface area contributed by atoms with E-state index in [2.05, 4.69) is 34.1 Å². The van der Waals surface area contributed by atoms with Crippen molar-refractivity contribution in [3.8, 4) is 0 Å². The molecule has 0 bridgehead atoms. The third kappa shape index (κ3) is 1.64. The van der Waals surface area contributed by atoms with Gasteiger partial charge in [-0.2, -0.15) is 0 Å². The maximum Gasteiger partial charge on any atom is 0.0357 e. The number of aromatic nitrogens is 1. The second kappa shape index (κ2) is 3.68. The van der Waals surface area contributed by atoms with Crippen molar-refractivity contribution in [3.63, 3.8) is 0 Å². The number of hydrogen-bond donors (Lipinski definition) is 0. The van der Waals surface area contributed by atoms with Crippen molar-refractivity contribution in [1.82, 2.24) is 4.98 Å². The number of aryl methyl sites for hydroxylation is 1. The molecule has 1 nitrogen and oxygen atoms in total. The van der Waals surface area contributed by atoms with Crippen molar-refractivity contribution in [3.05, 3.63) is 42.2 Å². The zero-order valence-electron chi connectivity index (χ0n) is 6.97. The Kier molecular flexibility index (Phi) is 2.82. The van der Waals surface area contributed by atoms with Crippen molar-refractivity contribution in [2.24, 2.45) is 0 Å². The first-order valence-electron chi connectivity index (χ1n) is 3.58. The number of nitrogens with zero attached hydrogens (tertiary/aromatic N) is 1. The number of hydrogen-bond acceptors (Lipinski definition) is 1. The highest BCUT2D eigenvalue weighted by Gasteiger charge is 2.03. The van der Waals surface area contributed by atoms with Crippen LogP contribution in [0.4, 0.5) is 0 Å². The molecule has 1 heterocycles. The average Bonchev–Trinajstić information content (AvgIpc) is 2.03. The Morgan fingerprint density at radius 1 is 1.58 bits per heavy atom. The molecule has 62 valence electrons. The van der Waals surface area contributed by atoms with Crippen LogP contribution in [0.15, 0.2) is 25.6 Å². The predicted octanol–water partition coefficient (Wildman–Crippen LogP) is 3.40. The summed E-state index contributed by atoms with van der Waals surface area (Å²) in [6.07, 6.45) is 5.41. The lowest BCUT2D eigenvalue weighted by Gasteiger charge is -2.05. The van der Waals surface area contributed by atoms with E-state index in [1.54, 1.807) is 6.20 Å². The fourth-order valence-electron chi connectivity index (χ4n) is 1.06. The van der Waals surface area contributed by atoms with E-state index in [0.717, 1.165) is 21.2 Å². The van der Waals surface area contributed by atoms with Gasteiger partial charge in [-0.1, -0.05) is 35.2 Å². The molecule has 0 unspecified atom stereocenters. The lowest BCUT2D eigenvalue weighted by Crippen LogP contribution is -1.89. The van der Waals surface area contributed by atoms with E-state index in [4.69, 9.17) is 0 Å². The molecule has 0 spiro atoms. The van der Waals surface area contributed by atoms with E-state index >= 15 is 0 Å². The Labute approximate surface area is 81.0 Å². The molecule has 0 atom stereocenters. The van der Waals surface area contributed by atoms with Crippen molar-refractivity contribution in [2.45, 2.75) is 6.92 Å². The quantitative estimate of drug-likeness (QED) is 0.750. The topological polar surface area (TPSA) is 12.9 Å². The Morgan fingerprint density at radius 3 is 2.67 bits per heavy atom. The van der Waals surface area contributed by atoms with Crippen LogP contribution in [0.5, 0.6) is 0 Å². The van der Waals surface area contributed by atoms with Crippen LogP contribution in [0, 0.1) is 6.92 Å². The van der Waals surface area contributed by atoms with Gasteiger partial charge in [0.15, 0.2) is 0 Å². The van der Waals surface area contributed by atoms with E-state index in [1.165, 1.54) is 0 Å². The minimum Gasteiger partial charge on any atom is -0.264 e. The zero-order chi connectivity index (χ0) is 9.14. The summed E-state index contributed by atoms with van der Waals surface area (Å²) in [5, 5.41) is 0. The molecular formula is C10H10BrN. The van der Waals surface area contributed by atoms with Crippen LogP contribution in [-0.4, -0.2) is 4.98 Å². The average molecular weight is 224 g/mol. The molecule has 0 amide bonds. The molecule has 0 N–H and O–H groups in total. The number of rotatable bonds is 2. The van der Waals surface area contributed by atoms with E-state index in [-0.39, 0.29) is 0 Å². The Hall–Kier alpha value is -0.890. The molecule has 0 aliphatic rings. The Morgan fingerprint density at radius 2 is 2.25 bits per heavy atom. The van der Waals surface area contributed by atoms with E-state index < -0.39 is 0 Å². The summed E-state index contributed by atoms with van der Waals surface area (Å²) < 4.78 is 0.841. The fraction of sp³-hybridized carbons (Fsp3) is 0.100. The summed E-state index contributed by atoms with van der Waals surface area (Å²) in [5.74, 6) is 0. The van der Waals surface area contributed by atoms with Crippen molar-refractivity contribution < 1.29 is 0 Å². The van der Waals surface area contributed by atoms with Gasteiger partial charge >= 0.3 is 0 Å².